The minimum atomic E-state index is -0.286. The highest BCUT2D eigenvalue weighted by atomic mass is 79.9. The van der Waals surface area contributed by atoms with Crippen LogP contribution in [0.5, 0.6) is 0 Å². The largest absolute Gasteiger partial charge is 0.396 e. The van der Waals surface area contributed by atoms with E-state index in [0.717, 1.165) is 0 Å². The van der Waals surface area contributed by atoms with E-state index < -0.39 is 0 Å². The van der Waals surface area contributed by atoms with Crippen LogP contribution < -0.4 is 10.9 Å². The normalized spacial score (nSPS) is 11.6. The molecule has 0 fully saturated rings. The molecule has 0 amide bonds. The summed E-state index contributed by atoms with van der Waals surface area (Å²) in [6.45, 7) is 4.00. The summed E-state index contributed by atoms with van der Waals surface area (Å²) in [5, 5.41) is 16.0. The number of hydrogen-bond acceptors (Lipinski definition) is 4. The molecule has 0 aromatic carbocycles. The summed E-state index contributed by atoms with van der Waals surface area (Å²) in [4.78, 5) is 11.6. The standard InChI is InChI=1S/C10H16BrN3O2/c1-10(2,4-5-15)13-7-6-12-14(3)9(16)8(7)11/h6,13,15H,4-5H2,1-3H3. The number of rotatable bonds is 4. The zero-order valence-electron chi connectivity index (χ0n) is 9.62. The molecular formula is C10H16BrN3O2. The molecule has 0 unspecified atom stereocenters. The van der Waals surface area contributed by atoms with Gasteiger partial charge in [0.15, 0.2) is 0 Å². The van der Waals surface area contributed by atoms with E-state index in [0.29, 0.717) is 16.6 Å². The summed E-state index contributed by atoms with van der Waals surface area (Å²) in [5.41, 5.74) is 0.164. The van der Waals surface area contributed by atoms with Crippen molar-refractivity contribution >= 4 is 21.6 Å². The molecule has 0 aliphatic carbocycles. The highest BCUT2D eigenvalue weighted by Crippen LogP contribution is 2.22. The van der Waals surface area contributed by atoms with Gasteiger partial charge in [0.05, 0.1) is 11.9 Å². The van der Waals surface area contributed by atoms with E-state index in [9.17, 15) is 4.79 Å². The fourth-order valence-corrected chi connectivity index (χ4v) is 1.76. The summed E-state index contributed by atoms with van der Waals surface area (Å²) >= 11 is 3.24. The molecule has 0 aliphatic rings. The van der Waals surface area contributed by atoms with Gasteiger partial charge in [0.25, 0.3) is 5.56 Å². The Bertz CT molecular complexity index is 429. The second-order valence-electron chi connectivity index (χ2n) is 4.28. The monoisotopic (exact) mass is 289 g/mol. The third-order valence-corrected chi connectivity index (χ3v) is 3.05. The van der Waals surface area contributed by atoms with E-state index in [1.807, 2.05) is 13.8 Å². The molecule has 6 heteroatoms. The lowest BCUT2D eigenvalue weighted by molar-refractivity contribution is 0.261. The fourth-order valence-electron chi connectivity index (χ4n) is 1.30. The third-order valence-electron chi connectivity index (χ3n) is 2.29. The molecule has 16 heavy (non-hydrogen) atoms. The Morgan fingerprint density at radius 3 is 2.81 bits per heavy atom. The Morgan fingerprint density at radius 1 is 1.62 bits per heavy atom. The summed E-state index contributed by atoms with van der Waals surface area (Å²) in [5.74, 6) is 0. The molecule has 0 saturated heterocycles. The van der Waals surface area contributed by atoms with Gasteiger partial charge in [-0.3, -0.25) is 4.79 Å². The Balaban J connectivity index is 2.99. The number of nitrogens with zero attached hydrogens (tertiary/aromatic N) is 2. The molecule has 2 N–H and O–H groups in total. The van der Waals surface area contributed by atoms with Gasteiger partial charge in [0.1, 0.15) is 4.47 Å². The van der Waals surface area contributed by atoms with E-state index in [4.69, 9.17) is 5.11 Å². The van der Waals surface area contributed by atoms with Gasteiger partial charge in [-0.05, 0) is 36.2 Å². The van der Waals surface area contributed by atoms with Crippen molar-refractivity contribution < 1.29 is 5.11 Å². The SMILES string of the molecule is Cn1ncc(NC(C)(C)CCO)c(Br)c1=O. The van der Waals surface area contributed by atoms with Crippen molar-refractivity contribution in [3.8, 4) is 0 Å². The molecule has 1 aromatic rings. The van der Waals surface area contributed by atoms with Crippen LogP contribution in [0.3, 0.4) is 0 Å². The van der Waals surface area contributed by atoms with Gasteiger partial charge in [0.2, 0.25) is 0 Å². The second-order valence-corrected chi connectivity index (χ2v) is 5.08. The van der Waals surface area contributed by atoms with Crippen LogP contribution in [0.4, 0.5) is 5.69 Å². The first kappa shape index (κ1) is 13.2. The minimum absolute atomic E-state index is 0.0931. The summed E-state index contributed by atoms with van der Waals surface area (Å²) in [7, 11) is 1.59. The van der Waals surface area contributed by atoms with Crippen LogP contribution in [0.25, 0.3) is 0 Å². The van der Waals surface area contributed by atoms with E-state index in [1.54, 1.807) is 13.2 Å². The molecule has 0 saturated carbocycles. The maximum Gasteiger partial charge on any atom is 0.282 e. The van der Waals surface area contributed by atoms with E-state index in [2.05, 4.69) is 26.3 Å². The molecule has 0 atom stereocenters. The van der Waals surface area contributed by atoms with E-state index >= 15 is 0 Å². The molecule has 1 heterocycles. The Kier molecular flexibility index (Phi) is 4.09. The van der Waals surface area contributed by atoms with Gasteiger partial charge >= 0.3 is 0 Å². The zero-order valence-corrected chi connectivity index (χ0v) is 11.2. The first-order chi connectivity index (χ1) is 7.37. The maximum atomic E-state index is 11.6. The van der Waals surface area contributed by atoms with Crippen molar-refractivity contribution in [2.24, 2.45) is 7.05 Å². The number of aliphatic hydroxyl groups excluding tert-OH is 1. The number of anilines is 1. The average Bonchev–Trinajstić information content (AvgIpc) is 2.19. The molecule has 0 radical (unpaired) electrons. The molecule has 90 valence electrons. The molecule has 0 bridgehead atoms. The first-order valence-electron chi connectivity index (χ1n) is 4.98. The highest BCUT2D eigenvalue weighted by Gasteiger charge is 2.19. The highest BCUT2D eigenvalue weighted by molar-refractivity contribution is 9.10. The quantitative estimate of drug-likeness (QED) is 0.872. The maximum absolute atomic E-state index is 11.6. The van der Waals surface area contributed by atoms with Crippen LogP contribution in [0, 0.1) is 0 Å². The van der Waals surface area contributed by atoms with Gasteiger partial charge < -0.3 is 10.4 Å². The molecule has 0 aliphatic heterocycles. The fraction of sp³-hybridized carbons (Fsp3) is 0.600. The van der Waals surface area contributed by atoms with Crippen molar-refractivity contribution in [3.05, 3.63) is 21.0 Å². The second kappa shape index (κ2) is 4.97. The van der Waals surface area contributed by atoms with E-state index in [-0.39, 0.29) is 17.7 Å². The lowest BCUT2D eigenvalue weighted by Gasteiger charge is -2.27. The summed E-state index contributed by atoms with van der Waals surface area (Å²) in [6, 6.07) is 0. The number of nitrogens with one attached hydrogen (secondary N) is 1. The summed E-state index contributed by atoms with van der Waals surface area (Å²) < 4.78 is 1.71. The number of hydrogen-bond donors (Lipinski definition) is 2. The van der Waals surface area contributed by atoms with Gasteiger partial charge in [-0.25, -0.2) is 4.68 Å². The predicted octanol–water partition coefficient (Wildman–Crippen LogP) is 1.12. The lowest BCUT2D eigenvalue weighted by atomic mass is 10.0. The minimum Gasteiger partial charge on any atom is -0.396 e. The topological polar surface area (TPSA) is 67.2 Å². The smallest absolute Gasteiger partial charge is 0.282 e. The van der Waals surface area contributed by atoms with Crippen LogP contribution in [-0.4, -0.2) is 27.0 Å². The average molecular weight is 290 g/mol. The van der Waals surface area contributed by atoms with Gasteiger partial charge in [-0.1, -0.05) is 0 Å². The molecule has 1 rings (SSSR count). The Labute approximate surface area is 103 Å². The van der Waals surface area contributed by atoms with Crippen molar-refractivity contribution in [2.45, 2.75) is 25.8 Å². The number of aryl methyl sites for hydroxylation is 1. The van der Waals surface area contributed by atoms with Gasteiger partial charge in [-0.15, -0.1) is 0 Å². The number of halogens is 1. The van der Waals surface area contributed by atoms with Crippen molar-refractivity contribution in [3.63, 3.8) is 0 Å². The van der Waals surface area contributed by atoms with Crippen molar-refractivity contribution in [1.29, 1.82) is 0 Å². The Morgan fingerprint density at radius 2 is 2.25 bits per heavy atom. The van der Waals surface area contributed by atoms with Crippen LogP contribution in [0.15, 0.2) is 15.5 Å². The Hall–Kier alpha value is -0.880. The molecule has 0 spiro atoms. The third kappa shape index (κ3) is 3.05. The lowest BCUT2D eigenvalue weighted by Crippen LogP contribution is -2.33. The predicted molar refractivity (Wildman–Crippen MR) is 66.6 cm³/mol. The first-order valence-corrected chi connectivity index (χ1v) is 5.77. The van der Waals surface area contributed by atoms with Gasteiger partial charge in [0, 0.05) is 19.2 Å². The van der Waals surface area contributed by atoms with Crippen LogP contribution >= 0.6 is 15.9 Å². The van der Waals surface area contributed by atoms with E-state index in [1.165, 1.54) is 4.68 Å². The molecule has 5 nitrogen and oxygen atoms in total. The number of aliphatic hydroxyl groups is 1. The van der Waals surface area contributed by atoms with Gasteiger partial charge in [-0.2, -0.15) is 5.10 Å². The van der Waals surface area contributed by atoms with Crippen molar-refractivity contribution in [2.75, 3.05) is 11.9 Å². The number of aromatic nitrogens is 2. The van der Waals surface area contributed by atoms with Crippen LogP contribution in [-0.2, 0) is 7.05 Å². The molecule has 1 aromatic heterocycles. The van der Waals surface area contributed by atoms with Crippen molar-refractivity contribution in [1.82, 2.24) is 9.78 Å². The zero-order chi connectivity index (χ0) is 12.3. The van der Waals surface area contributed by atoms with Crippen LogP contribution in [0.1, 0.15) is 20.3 Å². The molecular weight excluding hydrogens is 274 g/mol. The summed E-state index contributed by atoms with van der Waals surface area (Å²) in [6.07, 6.45) is 2.18. The van der Waals surface area contributed by atoms with Crippen LogP contribution in [0.2, 0.25) is 0 Å².